The molecule has 63 heavy (non-hydrogen) atoms. The van der Waals surface area contributed by atoms with Gasteiger partial charge in [0, 0.05) is 11.3 Å². The second kappa shape index (κ2) is 14.4. The Balaban J connectivity index is 1.18. The van der Waals surface area contributed by atoms with Gasteiger partial charge < -0.3 is 19.3 Å². The van der Waals surface area contributed by atoms with E-state index in [1.165, 1.54) is 11.1 Å². The summed E-state index contributed by atoms with van der Waals surface area (Å²) in [4.78, 5) is 4.55. The van der Waals surface area contributed by atoms with Gasteiger partial charge in [0.2, 0.25) is 0 Å². The summed E-state index contributed by atoms with van der Waals surface area (Å²) < 4.78 is 13.8. The number of hydrogen-bond donors (Lipinski definition) is 0. The average Bonchev–Trinajstić information content (AvgIpc) is 3.35. The van der Waals surface area contributed by atoms with Crippen LogP contribution in [0.4, 0.5) is 28.4 Å². The molecule has 0 spiro atoms. The molecule has 4 aliphatic carbocycles. The third-order valence-electron chi connectivity index (χ3n) is 14.0. The summed E-state index contributed by atoms with van der Waals surface area (Å²) in [6, 6.07) is 51.4. The molecule has 0 aromatic heterocycles. The molecule has 6 nitrogen and oxygen atoms in total. The van der Waals surface area contributed by atoms with E-state index in [0.717, 1.165) is 116 Å². The van der Waals surface area contributed by atoms with Gasteiger partial charge in [0.25, 0.3) is 0 Å². The second-order valence-corrected chi connectivity index (χ2v) is 17.2. The van der Waals surface area contributed by atoms with Crippen molar-refractivity contribution in [3.05, 3.63) is 191 Å². The maximum Gasteiger partial charge on any atom is 0.159 e. The zero-order chi connectivity index (χ0) is 42.3. The third-order valence-corrected chi connectivity index (χ3v) is 14.0. The zero-order valence-corrected chi connectivity index (χ0v) is 35.1. The largest absolute Gasteiger partial charge is 0.457 e. The molecule has 0 radical (unpaired) electrons. The van der Waals surface area contributed by atoms with E-state index in [-0.39, 0.29) is 17.8 Å². The van der Waals surface area contributed by atoms with Gasteiger partial charge in [-0.25, -0.2) is 0 Å². The van der Waals surface area contributed by atoms with Crippen LogP contribution in [0.1, 0.15) is 73.6 Å². The van der Waals surface area contributed by atoms with Crippen LogP contribution in [-0.4, -0.2) is 0 Å². The summed E-state index contributed by atoms with van der Waals surface area (Å²) in [5.74, 6) is 3.35. The Bertz CT molecular complexity index is 3250. The molecule has 0 N–H and O–H groups in total. The van der Waals surface area contributed by atoms with Gasteiger partial charge in [-0.3, -0.25) is 0 Å². The average molecular weight is 815 g/mol. The van der Waals surface area contributed by atoms with Gasteiger partial charge >= 0.3 is 0 Å². The lowest BCUT2D eigenvalue weighted by molar-refractivity contribution is 0.356. The number of nitriles is 2. The fraction of sp³-hybridized carbons (Fsp3) is 0.158. The van der Waals surface area contributed by atoms with E-state index in [1.807, 2.05) is 24.3 Å². The van der Waals surface area contributed by atoms with Crippen molar-refractivity contribution in [3.8, 4) is 51.6 Å². The summed E-state index contributed by atoms with van der Waals surface area (Å²) in [6.07, 6.45) is 10.5. The van der Waals surface area contributed by atoms with Gasteiger partial charge in [0.15, 0.2) is 17.2 Å². The van der Waals surface area contributed by atoms with E-state index >= 15 is 0 Å². The lowest BCUT2D eigenvalue weighted by atomic mass is 9.64. The van der Waals surface area contributed by atoms with E-state index in [4.69, 9.17) is 9.47 Å². The number of benzene rings is 7. The van der Waals surface area contributed by atoms with Gasteiger partial charge in [-0.2, -0.15) is 10.5 Å². The smallest absolute Gasteiger partial charge is 0.159 e. The normalized spacial score (nSPS) is 19.6. The summed E-state index contributed by atoms with van der Waals surface area (Å²) in [5, 5.41) is 25.5. The highest BCUT2D eigenvalue weighted by Crippen LogP contribution is 2.64. The predicted molar refractivity (Wildman–Crippen MR) is 251 cm³/mol. The Labute approximate surface area is 367 Å². The van der Waals surface area contributed by atoms with Crippen molar-refractivity contribution in [2.75, 3.05) is 9.80 Å². The van der Waals surface area contributed by atoms with Crippen LogP contribution in [0.3, 0.4) is 0 Å². The van der Waals surface area contributed by atoms with Crippen molar-refractivity contribution >= 4 is 39.2 Å². The monoisotopic (exact) mass is 814 g/mol. The van der Waals surface area contributed by atoms with Crippen LogP contribution in [0.15, 0.2) is 169 Å². The topological polar surface area (TPSA) is 72.5 Å². The fourth-order valence-corrected chi connectivity index (χ4v) is 11.0. The minimum Gasteiger partial charge on any atom is -0.457 e. The first-order valence-electron chi connectivity index (χ1n) is 22.0. The van der Waals surface area contributed by atoms with Gasteiger partial charge in [-0.1, -0.05) is 122 Å². The molecule has 1 saturated carbocycles. The number of hydrogen-bond acceptors (Lipinski definition) is 6. The fourth-order valence-electron chi connectivity index (χ4n) is 11.0. The highest BCUT2D eigenvalue weighted by Gasteiger charge is 2.46. The molecule has 2 bridgehead atoms. The maximum absolute atomic E-state index is 11.7. The van der Waals surface area contributed by atoms with E-state index in [1.54, 1.807) is 0 Å². The SMILES string of the molecule is CC=C1C=CC2=C(Oc3ccc(-c4ccccc4)cc3N2c2c(C#N)c(C#N)c(N3c4cc(-c5ccccc5)ccc4Oc4c3ccc3ccccc43)c3c2C2CCC3CC2)C1C. The third kappa shape index (κ3) is 5.54. The van der Waals surface area contributed by atoms with Crippen molar-refractivity contribution < 1.29 is 9.47 Å². The van der Waals surface area contributed by atoms with E-state index in [2.05, 4.69) is 163 Å². The quantitative estimate of drug-likeness (QED) is 0.176. The Morgan fingerprint density at radius 1 is 0.571 bits per heavy atom. The molecule has 1 fully saturated rings. The molecule has 0 saturated heterocycles. The Hall–Kier alpha value is -7.80. The van der Waals surface area contributed by atoms with E-state index < -0.39 is 0 Å². The molecule has 1 atom stereocenters. The summed E-state index contributed by atoms with van der Waals surface area (Å²) in [7, 11) is 0. The molecule has 1 unspecified atom stereocenters. The highest BCUT2D eigenvalue weighted by atomic mass is 16.5. The van der Waals surface area contributed by atoms with E-state index in [0.29, 0.717) is 16.9 Å². The summed E-state index contributed by atoms with van der Waals surface area (Å²) >= 11 is 0. The minimum atomic E-state index is -0.0260. The summed E-state index contributed by atoms with van der Waals surface area (Å²) in [5.41, 5.74) is 13.5. The van der Waals surface area contributed by atoms with Crippen molar-refractivity contribution in [2.45, 2.75) is 51.4 Å². The number of anilines is 5. The van der Waals surface area contributed by atoms with Crippen LogP contribution >= 0.6 is 0 Å². The van der Waals surface area contributed by atoms with Crippen LogP contribution in [0.5, 0.6) is 17.2 Å². The molecule has 7 aromatic rings. The summed E-state index contributed by atoms with van der Waals surface area (Å²) in [6.45, 7) is 4.25. The van der Waals surface area contributed by atoms with Gasteiger partial charge in [0.05, 0.1) is 45.3 Å². The van der Waals surface area contributed by atoms with Crippen molar-refractivity contribution in [3.63, 3.8) is 0 Å². The first-order chi connectivity index (χ1) is 31.0. The zero-order valence-electron chi connectivity index (χ0n) is 35.1. The van der Waals surface area contributed by atoms with Crippen molar-refractivity contribution in [1.82, 2.24) is 0 Å². The van der Waals surface area contributed by atoms with Crippen LogP contribution < -0.4 is 19.3 Å². The van der Waals surface area contributed by atoms with Gasteiger partial charge in [0.1, 0.15) is 17.9 Å². The molecule has 0 amide bonds. The van der Waals surface area contributed by atoms with Crippen molar-refractivity contribution in [2.24, 2.45) is 5.92 Å². The number of fused-ring (bicyclic) bond motifs is 7. The molecule has 2 heterocycles. The van der Waals surface area contributed by atoms with Gasteiger partial charge in [-0.05, 0) is 125 Å². The molecule has 13 rings (SSSR count). The number of ether oxygens (including phenoxy) is 2. The predicted octanol–water partition coefficient (Wildman–Crippen LogP) is 15.1. The van der Waals surface area contributed by atoms with Crippen molar-refractivity contribution in [1.29, 1.82) is 10.5 Å². The molecule has 2 aliphatic heterocycles. The highest BCUT2D eigenvalue weighted by molar-refractivity contribution is 6.03. The molecule has 7 aromatic carbocycles. The van der Waals surface area contributed by atoms with E-state index in [9.17, 15) is 10.5 Å². The number of allylic oxidation sites excluding steroid dienone is 4. The minimum absolute atomic E-state index is 0.0260. The Kier molecular flexibility index (Phi) is 8.46. The first-order valence-corrected chi connectivity index (χ1v) is 22.0. The standard InChI is InChI=1S/C57H42N4O2/c1-3-35-22-26-46-56(34(35)2)62-50-28-24-41(36-12-6-4-7-13-36)30-48(50)60(46)54-44(32-58)45(33-59)55(53-40-20-18-39(19-21-40)52(53)54)61-47-27-23-38-16-10-11-17-43(38)57(47)63-51-29-25-42(31-49(51)61)37-14-8-5-9-15-37/h3-17,22-31,34,39-40H,18-21H2,1-2H3. The molecule has 6 heteroatoms. The van der Waals surface area contributed by atoms with Crippen LogP contribution in [0.2, 0.25) is 0 Å². The second-order valence-electron chi connectivity index (χ2n) is 17.2. The lowest BCUT2D eigenvalue weighted by Crippen LogP contribution is -2.33. The lowest BCUT2D eigenvalue weighted by Gasteiger charge is -2.47. The maximum atomic E-state index is 11.7. The Morgan fingerprint density at radius 3 is 1.73 bits per heavy atom. The molecular weight excluding hydrogens is 773 g/mol. The Morgan fingerprint density at radius 2 is 1.13 bits per heavy atom. The number of rotatable bonds is 4. The molecular formula is C57H42N4O2. The molecule has 6 aliphatic rings. The van der Waals surface area contributed by atoms with Crippen LogP contribution in [-0.2, 0) is 0 Å². The number of nitrogens with zero attached hydrogens (tertiary/aromatic N) is 4. The van der Waals surface area contributed by atoms with Crippen LogP contribution in [0.25, 0.3) is 33.0 Å². The first kappa shape index (κ1) is 37.0. The van der Waals surface area contributed by atoms with Crippen LogP contribution in [0, 0.1) is 28.6 Å². The van der Waals surface area contributed by atoms with Gasteiger partial charge in [-0.15, -0.1) is 0 Å². The molecule has 302 valence electrons.